The van der Waals surface area contributed by atoms with E-state index in [1.54, 1.807) is 36.7 Å². The van der Waals surface area contributed by atoms with E-state index in [9.17, 15) is 24.3 Å². The standard InChI is InChI=1S/C41H49N5O6/c1-5-6-7-8-9-22-52-33-20-16-28(17-21-33)31-25-43-38(44-26-31)29-12-10-27(11-13-29)23-35(40(51)45-34(37(42)49)24-36(47)48)46-39(50)30-14-18-32(19-15-30)41(2,3)4/h10-21,25-26,34-35H,5-9,22-24H2,1-4H3,(H2,42,49)(H,45,51)(H,46,50)(H,47,48)/t34-,35-/m0/s1. The smallest absolute Gasteiger partial charge is 0.305 e. The number of nitrogens with one attached hydrogen (secondary N) is 2. The van der Waals surface area contributed by atoms with E-state index in [1.807, 2.05) is 48.5 Å². The van der Waals surface area contributed by atoms with Gasteiger partial charge in [-0.05, 0) is 52.8 Å². The molecule has 3 aromatic carbocycles. The number of carboxylic acid groups (broad SMARTS) is 1. The molecule has 1 heterocycles. The zero-order chi connectivity index (χ0) is 37.7. The van der Waals surface area contributed by atoms with E-state index in [-0.39, 0.29) is 11.8 Å². The van der Waals surface area contributed by atoms with Crippen molar-refractivity contribution in [2.75, 3.05) is 6.61 Å². The van der Waals surface area contributed by atoms with Crippen LogP contribution in [0.5, 0.6) is 5.75 Å². The average molecular weight is 708 g/mol. The van der Waals surface area contributed by atoms with Crippen LogP contribution in [0.3, 0.4) is 0 Å². The van der Waals surface area contributed by atoms with Gasteiger partial charge in [0.2, 0.25) is 11.8 Å². The van der Waals surface area contributed by atoms with Gasteiger partial charge in [0.05, 0.1) is 13.0 Å². The van der Waals surface area contributed by atoms with E-state index in [2.05, 4.69) is 48.3 Å². The van der Waals surface area contributed by atoms with E-state index in [4.69, 9.17) is 10.5 Å². The number of hydrogen-bond donors (Lipinski definition) is 4. The minimum absolute atomic E-state index is 0.0504. The Kier molecular flexibility index (Phi) is 14.0. The summed E-state index contributed by atoms with van der Waals surface area (Å²) in [6.45, 7) is 9.10. The summed E-state index contributed by atoms with van der Waals surface area (Å²) in [5, 5.41) is 14.3. The molecular formula is C41H49N5O6. The first-order valence-electron chi connectivity index (χ1n) is 17.7. The van der Waals surface area contributed by atoms with Crippen LogP contribution < -0.4 is 21.1 Å². The van der Waals surface area contributed by atoms with Crippen molar-refractivity contribution in [3.05, 3.63) is 102 Å². The molecule has 0 saturated heterocycles. The molecule has 0 bridgehead atoms. The molecule has 274 valence electrons. The molecule has 52 heavy (non-hydrogen) atoms. The van der Waals surface area contributed by atoms with E-state index in [1.165, 1.54) is 25.7 Å². The normalized spacial score (nSPS) is 12.4. The first-order valence-corrected chi connectivity index (χ1v) is 17.7. The number of aromatic nitrogens is 2. The van der Waals surface area contributed by atoms with Gasteiger partial charge in [-0.3, -0.25) is 19.2 Å². The van der Waals surface area contributed by atoms with Gasteiger partial charge in [0.25, 0.3) is 5.91 Å². The number of carbonyl (C=O) groups excluding carboxylic acids is 3. The lowest BCUT2D eigenvalue weighted by Crippen LogP contribution is -2.54. The number of amides is 3. The summed E-state index contributed by atoms with van der Waals surface area (Å²) in [5.41, 5.74) is 9.90. The van der Waals surface area contributed by atoms with E-state index in [0.29, 0.717) is 23.6 Å². The fourth-order valence-electron chi connectivity index (χ4n) is 5.53. The van der Waals surface area contributed by atoms with Crippen molar-refractivity contribution in [2.24, 2.45) is 5.73 Å². The molecular weight excluding hydrogens is 658 g/mol. The summed E-state index contributed by atoms with van der Waals surface area (Å²) in [6.07, 6.45) is 8.82. The number of nitrogens with two attached hydrogens (primary N) is 1. The second-order valence-corrected chi connectivity index (χ2v) is 13.9. The lowest BCUT2D eigenvalue weighted by molar-refractivity contribution is -0.140. The second kappa shape index (κ2) is 18.6. The third-order valence-corrected chi connectivity index (χ3v) is 8.68. The maximum atomic E-state index is 13.4. The fourth-order valence-corrected chi connectivity index (χ4v) is 5.53. The summed E-state index contributed by atoms with van der Waals surface area (Å²) in [5.74, 6) is -2.20. The topological polar surface area (TPSA) is 174 Å². The van der Waals surface area contributed by atoms with Crippen LogP contribution in [0.15, 0.2) is 85.2 Å². The van der Waals surface area contributed by atoms with Crippen LogP contribution in [0.1, 0.15) is 87.7 Å². The lowest BCUT2D eigenvalue weighted by Gasteiger charge is -2.22. The maximum absolute atomic E-state index is 13.4. The molecule has 11 heteroatoms. The van der Waals surface area contributed by atoms with Gasteiger partial charge in [0.15, 0.2) is 5.82 Å². The van der Waals surface area contributed by atoms with E-state index in [0.717, 1.165) is 34.4 Å². The molecule has 2 atom stereocenters. The van der Waals surface area contributed by atoms with E-state index >= 15 is 0 Å². The highest BCUT2D eigenvalue weighted by molar-refractivity contribution is 5.98. The number of primary amides is 1. The van der Waals surface area contributed by atoms with Crippen LogP contribution in [-0.2, 0) is 26.2 Å². The van der Waals surface area contributed by atoms with Crippen molar-refractivity contribution in [1.82, 2.24) is 20.6 Å². The van der Waals surface area contributed by atoms with Crippen LogP contribution in [0.2, 0.25) is 0 Å². The molecule has 5 N–H and O–H groups in total. The highest BCUT2D eigenvalue weighted by atomic mass is 16.5. The number of rotatable bonds is 18. The Morgan fingerprint density at radius 2 is 1.38 bits per heavy atom. The Balaban J connectivity index is 1.44. The fraction of sp³-hybridized carbons (Fsp3) is 0.366. The number of carboxylic acids is 1. The molecule has 1 aromatic heterocycles. The van der Waals surface area contributed by atoms with Crippen molar-refractivity contribution >= 4 is 23.7 Å². The quantitative estimate of drug-likeness (QED) is 0.0880. The number of hydrogen-bond acceptors (Lipinski definition) is 7. The van der Waals surface area contributed by atoms with Gasteiger partial charge < -0.3 is 26.2 Å². The Hall–Kier alpha value is -5.58. The zero-order valence-corrected chi connectivity index (χ0v) is 30.4. The molecule has 0 fully saturated rings. The van der Waals surface area contributed by atoms with Crippen LogP contribution in [0.4, 0.5) is 0 Å². The van der Waals surface area contributed by atoms with Crippen molar-refractivity contribution in [3.8, 4) is 28.3 Å². The molecule has 0 aliphatic carbocycles. The highest BCUT2D eigenvalue weighted by Gasteiger charge is 2.28. The largest absolute Gasteiger partial charge is 0.494 e. The monoisotopic (exact) mass is 707 g/mol. The van der Waals surface area contributed by atoms with Crippen LogP contribution >= 0.6 is 0 Å². The van der Waals surface area contributed by atoms with Crippen LogP contribution in [-0.4, -0.2) is 57.5 Å². The number of carbonyl (C=O) groups is 4. The first kappa shape index (κ1) is 39.2. The van der Waals surface area contributed by atoms with Gasteiger partial charge in [-0.15, -0.1) is 0 Å². The third-order valence-electron chi connectivity index (χ3n) is 8.68. The van der Waals surface area contributed by atoms with Gasteiger partial charge in [-0.1, -0.05) is 102 Å². The Morgan fingerprint density at radius 3 is 1.96 bits per heavy atom. The Bertz CT molecular complexity index is 1780. The molecule has 4 rings (SSSR count). The van der Waals surface area contributed by atoms with Crippen molar-refractivity contribution in [1.29, 1.82) is 0 Å². The lowest BCUT2D eigenvalue weighted by atomic mass is 9.86. The number of aliphatic carboxylic acids is 1. The second-order valence-electron chi connectivity index (χ2n) is 13.9. The van der Waals surface area contributed by atoms with Crippen molar-refractivity contribution in [2.45, 2.75) is 90.1 Å². The van der Waals surface area contributed by atoms with Gasteiger partial charge in [0, 0.05) is 35.5 Å². The van der Waals surface area contributed by atoms with Crippen molar-refractivity contribution < 1.29 is 29.0 Å². The number of unbranched alkanes of at least 4 members (excludes halogenated alkanes) is 4. The predicted molar refractivity (Wildman–Crippen MR) is 201 cm³/mol. The molecule has 4 aromatic rings. The van der Waals surface area contributed by atoms with Gasteiger partial charge in [-0.2, -0.15) is 0 Å². The molecule has 0 aliphatic heterocycles. The molecule has 0 saturated carbocycles. The summed E-state index contributed by atoms with van der Waals surface area (Å²) in [6, 6.07) is 19.6. The number of ether oxygens (including phenoxy) is 1. The minimum Gasteiger partial charge on any atom is -0.494 e. The Labute approximate surface area is 305 Å². The van der Waals surface area contributed by atoms with Gasteiger partial charge in [-0.25, -0.2) is 9.97 Å². The predicted octanol–water partition coefficient (Wildman–Crippen LogP) is 6.24. The molecule has 3 amide bonds. The zero-order valence-electron chi connectivity index (χ0n) is 30.4. The minimum atomic E-state index is -1.45. The number of benzene rings is 3. The van der Waals surface area contributed by atoms with Crippen molar-refractivity contribution in [3.63, 3.8) is 0 Å². The number of nitrogens with zero attached hydrogens (tertiary/aromatic N) is 2. The average Bonchev–Trinajstić information content (AvgIpc) is 3.12. The molecule has 11 nitrogen and oxygen atoms in total. The SMILES string of the molecule is CCCCCCCOc1ccc(-c2cnc(-c3ccc(C[C@H](NC(=O)c4ccc(C(C)(C)C)cc4)C(=O)N[C@@H](CC(=O)O)C(N)=O)cc3)nc2)cc1. The molecule has 0 radical (unpaired) electrons. The Morgan fingerprint density at radius 1 is 0.769 bits per heavy atom. The third kappa shape index (κ3) is 11.8. The van der Waals surface area contributed by atoms with Crippen LogP contribution in [0, 0.1) is 0 Å². The summed E-state index contributed by atoms with van der Waals surface area (Å²) >= 11 is 0. The molecule has 0 aliphatic rings. The summed E-state index contributed by atoms with van der Waals surface area (Å²) in [7, 11) is 0. The van der Waals surface area contributed by atoms with Gasteiger partial charge >= 0.3 is 5.97 Å². The van der Waals surface area contributed by atoms with Crippen LogP contribution in [0.25, 0.3) is 22.5 Å². The summed E-state index contributed by atoms with van der Waals surface area (Å²) < 4.78 is 5.88. The molecule has 0 unspecified atom stereocenters. The molecule has 0 spiro atoms. The first-order chi connectivity index (χ1) is 24.8. The maximum Gasteiger partial charge on any atom is 0.305 e. The summed E-state index contributed by atoms with van der Waals surface area (Å²) in [4.78, 5) is 59.0. The van der Waals surface area contributed by atoms with Gasteiger partial charge in [0.1, 0.15) is 17.8 Å². The van der Waals surface area contributed by atoms with E-state index < -0.39 is 42.2 Å². The highest BCUT2D eigenvalue weighted by Crippen LogP contribution is 2.25.